The number of nitrogens with zero attached hydrogens (tertiary/aromatic N) is 2. The van der Waals surface area contributed by atoms with Gasteiger partial charge in [0, 0.05) is 37.3 Å². The maximum absolute atomic E-state index is 12.5. The number of pyridine rings is 1. The number of hydrogen-bond donors (Lipinski definition) is 2. The van der Waals surface area contributed by atoms with Gasteiger partial charge in [-0.25, -0.2) is 9.71 Å². The van der Waals surface area contributed by atoms with Crippen LogP contribution in [0.15, 0.2) is 47.0 Å². The second-order valence-corrected chi connectivity index (χ2v) is 8.54. The van der Waals surface area contributed by atoms with Crippen LogP contribution in [0.3, 0.4) is 0 Å². The Labute approximate surface area is 175 Å². The summed E-state index contributed by atoms with van der Waals surface area (Å²) in [6, 6.07) is 9.18. The number of anilines is 1. The molecule has 3 rings (SSSR count). The molecule has 2 aromatic heterocycles. The van der Waals surface area contributed by atoms with Crippen LogP contribution in [0.5, 0.6) is 0 Å². The monoisotopic (exact) mass is 428 g/mol. The Bertz CT molecular complexity index is 1200. The van der Waals surface area contributed by atoms with Gasteiger partial charge in [-0.15, -0.1) is 0 Å². The zero-order chi connectivity index (χ0) is 21.9. The summed E-state index contributed by atoms with van der Waals surface area (Å²) in [5.74, 6) is 0.749. The number of rotatable bonds is 7. The molecule has 0 aliphatic heterocycles. The highest BCUT2D eigenvalue weighted by molar-refractivity contribution is 7.90. The Morgan fingerprint density at radius 1 is 1.23 bits per heavy atom. The lowest BCUT2D eigenvalue weighted by atomic mass is 10.1. The van der Waals surface area contributed by atoms with Gasteiger partial charge >= 0.3 is 0 Å². The molecule has 1 aromatic carbocycles. The lowest BCUT2D eigenvalue weighted by Gasteiger charge is -2.13. The standard InChI is InChI=1S/C21H24N4O4S/c1-14-6-5-7-17-15(2)18(29-21(14)17)13-25(4)20(26)11-9-16-8-10-19(23-12-16)24-30(27,28)22-3/h5-12,22H,13H2,1-4H3,(H,23,24)/b11-9+. The zero-order valence-corrected chi connectivity index (χ0v) is 18.1. The summed E-state index contributed by atoms with van der Waals surface area (Å²) in [5, 5.41) is 1.06. The van der Waals surface area contributed by atoms with Gasteiger partial charge in [-0.2, -0.15) is 8.42 Å². The Hall–Kier alpha value is -3.17. The SMILES string of the molecule is CNS(=O)(=O)Nc1ccc(/C=C/C(=O)N(C)Cc2oc3c(C)cccc3c2C)cn1. The molecule has 2 heterocycles. The van der Waals surface area contributed by atoms with Gasteiger partial charge < -0.3 is 9.32 Å². The Morgan fingerprint density at radius 3 is 2.63 bits per heavy atom. The predicted molar refractivity (Wildman–Crippen MR) is 117 cm³/mol. The first kappa shape index (κ1) is 21.5. The molecule has 30 heavy (non-hydrogen) atoms. The van der Waals surface area contributed by atoms with Crippen LogP contribution in [0.4, 0.5) is 5.82 Å². The van der Waals surface area contributed by atoms with E-state index in [0.29, 0.717) is 12.1 Å². The van der Waals surface area contributed by atoms with E-state index in [0.717, 1.165) is 27.9 Å². The van der Waals surface area contributed by atoms with E-state index in [1.54, 1.807) is 24.1 Å². The van der Waals surface area contributed by atoms with Crippen LogP contribution in [0.2, 0.25) is 0 Å². The molecule has 158 valence electrons. The molecule has 9 heteroatoms. The van der Waals surface area contributed by atoms with Gasteiger partial charge in [-0.3, -0.25) is 9.52 Å². The summed E-state index contributed by atoms with van der Waals surface area (Å²) < 4.78 is 33.3. The fourth-order valence-corrected chi connectivity index (χ4v) is 3.42. The minimum Gasteiger partial charge on any atom is -0.459 e. The molecule has 8 nitrogen and oxygen atoms in total. The molecule has 0 unspecified atom stereocenters. The largest absolute Gasteiger partial charge is 0.459 e. The van der Waals surface area contributed by atoms with E-state index >= 15 is 0 Å². The van der Waals surface area contributed by atoms with Crippen LogP contribution in [0.1, 0.15) is 22.5 Å². The van der Waals surface area contributed by atoms with Gasteiger partial charge in [-0.1, -0.05) is 18.2 Å². The molecule has 0 saturated heterocycles. The zero-order valence-electron chi connectivity index (χ0n) is 17.3. The van der Waals surface area contributed by atoms with Gasteiger partial charge in [0.1, 0.15) is 17.2 Å². The third-order valence-electron chi connectivity index (χ3n) is 4.73. The van der Waals surface area contributed by atoms with Crippen molar-refractivity contribution in [1.82, 2.24) is 14.6 Å². The van der Waals surface area contributed by atoms with Crippen LogP contribution >= 0.6 is 0 Å². The summed E-state index contributed by atoms with van der Waals surface area (Å²) >= 11 is 0. The van der Waals surface area contributed by atoms with Crippen molar-refractivity contribution in [2.75, 3.05) is 18.8 Å². The number of nitrogens with one attached hydrogen (secondary N) is 2. The quantitative estimate of drug-likeness (QED) is 0.563. The van der Waals surface area contributed by atoms with Gasteiger partial charge in [0.2, 0.25) is 5.91 Å². The van der Waals surface area contributed by atoms with Crippen molar-refractivity contribution in [3.63, 3.8) is 0 Å². The van der Waals surface area contributed by atoms with E-state index in [9.17, 15) is 13.2 Å². The number of benzene rings is 1. The van der Waals surface area contributed by atoms with Crippen molar-refractivity contribution in [3.8, 4) is 0 Å². The number of hydrogen-bond acceptors (Lipinski definition) is 5. The van der Waals surface area contributed by atoms with E-state index in [1.807, 2.05) is 32.0 Å². The van der Waals surface area contributed by atoms with Crippen molar-refractivity contribution in [2.45, 2.75) is 20.4 Å². The summed E-state index contributed by atoms with van der Waals surface area (Å²) in [6.07, 6.45) is 4.54. The molecule has 0 aliphatic carbocycles. The van der Waals surface area contributed by atoms with E-state index < -0.39 is 10.2 Å². The second-order valence-electron chi connectivity index (χ2n) is 6.92. The van der Waals surface area contributed by atoms with Gasteiger partial charge in [0.05, 0.1) is 6.54 Å². The van der Waals surface area contributed by atoms with E-state index in [1.165, 1.54) is 25.4 Å². The fourth-order valence-electron chi connectivity index (χ4n) is 2.93. The number of aryl methyl sites for hydroxylation is 2. The van der Waals surface area contributed by atoms with E-state index in [-0.39, 0.29) is 11.7 Å². The molecule has 0 spiro atoms. The molecule has 2 N–H and O–H groups in total. The second kappa shape index (κ2) is 8.68. The van der Waals surface area contributed by atoms with E-state index in [2.05, 4.69) is 14.4 Å². The number of para-hydroxylation sites is 1. The molecule has 0 bridgehead atoms. The van der Waals surface area contributed by atoms with Crippen LogP contribution in [0.25, 0.3) is 17.0 Å². The molecular formula is C21H24N4O4S. The molecule has 0 fully saturated rings. The van der Waals surface area contributed by atoms with Crippen molar-refractivity contribution in [2.24, 2.45) is 0 Å². The number of likely N-dealkylation sites (N-methyl/N-ethyl adjacent to an activating group) is 1. The third kappa shape index (κ3) is 4.87. The predicted octanol–water partition coefficient (Wildman–Crippen LogP) is 2.99. The van der Waals surface area contributed by atoms with Gasteiger partial charge in [0.25, 0.3) is 10.2 Å². The molecule has 1 amide bonds. The van der Waals surface area contributed by atoms with Crippen LogP contribution < -0.4 is 9.44 Å². The first-order valence-electron chi connectivity index (χ1n) is 9.28. The highest BCUT2D eigenvalue weighted by atomic mass is 32.2. The molecule has 0 radical (unpaired) electrons. The first-order chi connectivity index (χ1) is 14.2. The van der Waals surface area contributed by atoms with Crippen LogP contribution in [-0.2, 0) is 21.5 Å². The summed E-state index contributed by atoms with van der Waals surface area (Å²) in [5.41, 5.74) is 3.60. The Kier molecular flexibility index (Phi) is 6.23. The maximum atomic E-state index is 12.5. The van der Waals surface area contributed by atoms with E-state index in [4.69, 9.17) is 4.42 Å². The smallest absolute Gasteiger partial charge is 0.300 e. The maximum Gasteiger partial charge on any atom is 0.300 e. The average Bonchev–Trinajstić information content (AvgIpc) is 3.04. The molecule has 0 saturated carbocycles. The Morgan fingerprint density at radius 2 is 2.00 bits per heavy atom. The van der Waals surface area contributed by atoms with Crippen LogP contribution in [0, 0.1) is 13.8 Å². The van der Waals surface area contributed by atoms with Crippen molar-refractivity contribution in [1.29, 1.82) is 0 Å². The third-order valence-corrected chi connectivity index (χ3v) is 5.74. The Balaban J connectivity index is 1.66. The number of aromatic nitrogens is 1. The lowest BCUT2D eigenvalue weighted by molar-refractivity contribution is -0.125. The molecular weight excluding hydrogens is 404 g/mol. The number of fused-ring (bicyclic) bond motifs is 1. The topological polar surface area (TPSA) is 105 Å². The van der Waals surface area contributed by atoms with Crippen molar-refractivity contribution < 1.29 is 17.6 Å². The number of amides is 1. The van der Waals surface area contributed by atoms with Crippen molar-refractivity contribution in [3.05, 3.63) is 65.1 Å². The highest BCUT2D eigenvalue weighted by Gasteiger charge is 2.15. The lowest BCUT2D eigenvalue weighted by Crippen LogP contribution is -2.26. The van der Waals surface area contributed by atoms with Gasteiger partial charge in [0.15, 0.2) is 0 Å². The van der Waals surface area contributed by atoms with Crippen molar-refractivity contribution >= 4 is 39.0 Å². The average molecular weight is 429 g/mol. The number of furan rings is 1. The molecule has 3 aromatic rings. The fraction of sp³-hybridized carbons (Fsp3) is 0.238. The normalized spacial score (nSPS) is 11.9. The highest BCUT2D eigenvalue weighted by Crippen LogP contribution is 2.28. The summed E-state index contributed by atoms with van der Waals surface area (Å²) in [6.45, 7) is 4.34. The van der Waals surface area contributed by atoms with Gasteiger partial charge in [-0.05, 0) is 43.2 Å². The van der Waals surface area contributed by atoms with Crippen LogP contribution in [-0.4, -0.2) is 38.3 Å². The molecule has 0 aliphatic rings. The number of carbonyl (C=O) groups is 1. The number of carbonyl (C=O) groups excluding carboxylic acids is 1. The summed E-state index contributed by atoms with van der Waals surface area (Å²) in [7, 11) is -0.609. The minimum atomic E-state index is -3.62. The minimum absolute atomic E-state index is 0.181. The molecule has 0 atom stereocenters. The summed E-state index contributed by atoms with van der Waals surface area (Å²) in [4.78, 5) is 18.1. The first-order valence-corrected chi connectivity index (χ1v) is 10.8.